The number of benzene rings is 11. The fourth-order valence-corrected chi connectivity index (χ4v) is 18.6. The first-order chi connectivity index (χ1) is 44.9. The van der Waals surface area contributed by atoms with Crippen molar-refractivity contribution in [3.8, 4) is 46.0 Å². The average Bonchev–Trinajstić information content (AvgIpc) is 0.732. The lowest BCUT2D eigenvalue weighted by atomic mass is 9.76. The molecular formula is C78H65O11P3. The maximum Gasteiger partial charge on any atom is 0.462 e. The molecule has 14 heteroatoms. The third kappa shape index (κ3) is 11.5. The van der Waals surface area contributed by atoms with Crippen LogP contribution >= 0.6 is 22.8 Å². The molecule has 8 bridgehead atoms. The molecule has 0 saturated heterocycles. The molecule has 11 aromatic rings. The topological polar surface area (TPSA) is 147 Å². The predicted molar refractivity (Wildman–Crippen MR) is 360 cm³/mol. The maximum absolute atomic E-state index is 16.6. The van der Waals surface area contributed by atoms with Crippen molar-refractivity contribution in [1.82, 2.24) is 0 Å². The van der Waals surface area contributed by atoms with Crippen molar-refractivity contribution >= 4 is 38.7 Å². The molecular weight excluding hydrogens is 1210 g/mol. The van der Waals surface area contributed by atoms with Gasteiger partial charge < -0.3 is 37.4 Å². The van der Waals surface area contributed by atoms with E-state index in [9.17, 15) is 10.2 Å². The van der Waals surface area contributed by atoms with Crippen molar-refractivity contribution in [3.05, 3.63) is 328 Å². The van der Waals surface area contributed by atoms with Crippen LogP contribution in [0, 0.1) is 0 Å². The number of phenolic OH excluding ortho intramolecular Hbond substituents is 2. The Hall–Kier alpha value is -9.49. The van der Waals surface area contributed by atoms with Gasteiger partial charge in [-0.3, -0.25) is 0 Å². The zero-order chi connectivity index (χ0) is 62.4. The number of rotatable bonds is 15. The quantitative estimate of drug-likeness (QED) is 0.0946. The van der Waals surface area contributed by atoms with E-state index < -0.39 is 46.5 Å². The monoisotopic (exact) mass is 1270 g/mol. The molecule has 0 aromatic heterocycles. The van der Waals surface area contributed by atoms with E-state index in [1.807, 2.05) is 103 Å². The van der Waals surface area contributed by atoms with Crippen molar-refractivity contribution in [2.45, 2.75) is 75.0 Å². The Morgan fingerprint density at radius 1 is 0.250 bits per heavy atom. The second kappa shape index (κ2) is 24.6. The van der Waals surface area contributed by atoms with Gasteiger partial charge in [-0.25, -0.2) is 13.7 Å². The number of phenols is 2. The van der Waals surface area contributed by atoms with Crippen LogP contribution in [0.5, 0.6) is 46.0 Å². The van der Waals surface area contributed by atoms with Crippen LogP contribution in [0.3, 0.4) is 0 Å². The first-order valence-corrected chi connectivity index (χ1v) is 36.0. The van der Waals surface area contributed by atoms with Gasteiger partial charge in [0.25, 0.3) is 0 Å². The largest absolute Gasteiger partial charge is 0.508 e. The predicted octanol–water partition coefficient (Wildman–Crippen LogP) is 18.3. The zero-order valence-electron chi connectivity index (χ0n) is 50.2. The summed E-state index contributed by atoms with van der Waals surface area (Å²) in [7, 11) is -13.5. The van der Waals surface area contributed by atoms with Crippen LogP contribution in [0.15, 0.2) is 261 Å². The highest BCUT2D eigenvalue weighted by Gasteiger charge is 2.46. The Kier molecular flexibility index (Phi) is 15.7. The van der Waals surface area contributed by atoms with Crippen molar-refractivity contribution in [2.75, 3.05) is 0 Å². The van der Waals surface area contributed by atoms with Crippen LogP contribution in [0.25, 0.3) is 0 Å². The second-order valence-electron chi connectivity index (χ2n) is 24.1. The summed E-state index contributed by atoms with van der Waals surface area (Å²) in [6.45, 7) is 0. The molecule has 458 valence electrons. The van der Waals surface area contributed by atoms with E-state index in [0.29, 0.717) is 95.9 Å². The van der Waals surface area contributed by atoms with Crippen molar-refractivity contribution in [3.63, 3.8) is 0 Å². The van der Waals surface area contributed by atoms with E-state index in [4.69, 9.17) is 27.1 Å². The molecule has 11 nitrogen and oxygen atoms in total. The van der Waals surface area contributed by atoms with Crippen LogP contribution in [0.1, 0.15) is 116 Å². The highest BCUT2D eigenvalue weighted by atomic mass is 31.2. The van der Waals surface area contributed by atoms with Gasteiger partial charge in [0.2, 0.25) is 0 Å². The molecule has 2 N–H and O–H groups in total. The van der Waals surface area contributed by atoms with Gasteiger partial charge in [0, 0.05) is 92.4 Å². The number of hydrogen-bond donors (Lipinski definition) is 2. The second-order valence-corrected chi connectivity index (χ2v) is 29.7. The maximum atomic E-state index is 16.6. The van der Waals surface area contributed by atoms with Crippen LogP contribution in [0.2, 0.25) is 0 Å². The number of aromatic hydroxyl groups is 2. The minimum absolute atomic E-state index is 0.151. The van der Waals surface area contributed by atoms with E-state index in [2.05, 4.69) is 60.7 Å². The molecule has 0 spiro atoms. The normalized spacial score (nSPS) is 21.4. The highest BCUT2D eigenvalue weighted by molar-refractivity contribution is 7.63. The summed E-state index contributed by atoms with van der Waals surface area (Å²) in [5.41, 5.74) is 9.14. The van der Waals surface area contributed by atoms with Gasteiger partial charge in [-0.15, -0.1) is 0 Å². The minimum Gasteiger partial charge on any atom is -0.508 e. The standard InChI is InChI=1S/C78H65O11P3/c79-71-48-73-65-44-63(71)59(40-36-52-22-8-1-9-23-52)64-45-66-61(42-38-54-26-12-3-13-27-54)68-47-70-62(43-39-55-28-14-4-15-29-55)69-46-67(60(65)41-37-53-24-10-2-11-25-53)75(86-90(81,84-73)56-30-16-5-17-31-56)50-77(69)88-92(83,58-34-20-7-21-35-58)89-78(70)51-76(68)87-91(82,57-32-18-6-19-33-57)85-74(66)49-72(64)80/h1-35,44-51,59-62,79-80H,36-43H2. The van der Waals surface area contributed by atoms with Gasteiger partial charge in [0.1, 0.15) is 46.0 Å². The van der Waals surface area contributed by atoms with Gasteiger partial charge in [0.05, 0.1) is 15.9 Å². The van der Waals surface area contributed by atoms with Gasteiger partial charge in [-0.2, -0.15) is 0 Å². The van der Waals surface area contributed by atoms with Crippen LogP contribution in [-0.4, -0.2) is 10.2 Å². The first kappa shape index (κ1) is 58.9. The lowest BCUT2D eigenvalue weighted by molar-refractivity contribution is 0.374. The van der Waals surface area contributed by atoms with E-state index >= 15 is 13.7 Å². The molecule has 3 aliphatic heterocycles. The van der Waals surface area contributed by atoms with E-state index in [-0.39, 0.29) is 61.9 Å². The molecule has 0 fully saturated rings. The Balaban J connectivity index is 1.09. The summed E-state index contributed by atoms with van der Waals surface area (Å²) in [5.74, 6) is -1.76. The molecule has 15 rings (SSSR count). The van der Waals surface area contributed by atoms with Gasteiger partial charge in [-0.1, -0.05) is 176 Å². The van der Waals surface area contributed by atoms with Crippen molar-refractivity contribution < 1.29 is 51.1 Å². The molecule has 0 amide bonds. The molecule has 3 heterocycles. The number of aryl methyl sites for hydroxylation is 4. The average molecular weight is 1270 g/mol. The fourth-order valence-electron chi connectivity index (χ4n) is 13.8. The molecule has 0 saturated carbocycles. The molecule has 11 aromatic carbocycles. The van der Waals surface area contributed by atoms with Crippen molar-refractivity contribution in [1.29, 1.82) is 0 Å². The van der Waals surface area contributed by atoms with Gasteiger partial charge in [-0.05, 0) is 134 Å². The molecule has 92 heavy (non-hydrogen) atoms. The fraction of sp³-hybridized carbons (Fsp3) is 0.154. The summed E-state index contributed by atoms with van der Waals surface area (Å²) in [6, 6.07) is 81.8. The molecule has 4 aliphatic rings. The lowest BCUT2D eigenvalue weighted by Crippen LogP contribution is -2.23. The third-order valence-corrected chi connectivity index (χ3v) is 23.8. The molecule has 4 atom stereocenters. The first-order valence-electron chi connectivity index (χ1n) is 31.3. The Labute approximate surface area is 535 Å². The van der Waals surface area contributed by atoms with E-state index in [0.717, 1.165) is 22.3 Å². The lowest BCUT2D eigenvalue weighted by Gasteiger charge is -2.36. The van der Waals surface area contributed by atoms with Crippen LogP contribution in [-0.2, 0) is 39.4 Å². The van der Waals surface area contributed by atoms with Gasteiger partial charge in [0.15, 0.2) is 0 Å². The SMILES string of the molecule is O=P1(c2ccccc2)Oc2cc(O)c3cc2C(CCc2ccccc2)c2cc4c(cc2O1)OP(=O)(c1ccccc1)Oc1cc2c(cc1C4CCc1ccccc1)C(CCc1ccccc1)c1cc(c(O)cc1OP(=O)(c1ccccc1)O2)C3CCc1ccccc1. The van der Waals surface area contributed by atoms with Crippen LogP contribution < -0.4 is 43.1 Å². The smallest absolute Gasteiger partial charge is 0.462 e. The number of fused-ring (bicyclic) bond motifs is 2. The molecule has 1 aliphatic carbocycles. The van der Waals surface area contributed by atoms with Gasteiger partial charge >= 0.3 is 22.8 Å². The summed E-state index contributed by atoms with van der Waals surface area (Å²) < 4.78 is 91.5. The Morgan fingerprint density at radius 2 is 0.446 bits per heavy atom. The van der Waals surface area contributed by atoms with E-state index in [1.54, 1.807) is 97.1 Å². The summed E-state index contributed by atoms with van der Waals surface area (Å²) in [4.78, 5) is 0. The highest BCUT2D eigenvalue weighted by Crippen LogP contribution is 2.64. The number of hydrogen-bond acceptors (Lipinski definition) is 11. The zero-order valence-corrected chi connectivity index (χ0v) is 52.9. The Bertz CT molecular complexity index is 4440. The van der Waals surface area contributed by atoms with E-state index in [1.165, 1.54) is 0 Å². The summed E-state index contributed by atoms with van der Waals surface area (Å²) in [5, 5.41) is 26.9. The molecule has 4 unspecified atom stereocenters. The Morgan fingerprint density at radius 3 is 0.685 bits per heavy atom. The summed E-state index contributed by atoms with van der Waals surface area (Å²) in [6.07, 6.45) is 4.08. The summed E-state index contributed by atoms with van der Waals surface area (Å²) >= 11 is 0. The van der Waals surface area contributed by atoms with Crippen molar-refractivity contribution in [2.24, 2.45) is 0 Å². The molecule has 0 radical (unpaired) electrons. The third-order valence-electron chi connectivity index (χ3n) is 18.4. The minimum atomic E-state index is -4.55. The van der Waals surface area contributed by atoms with Crippen LogP contribution in [0.4, 0.5) is 0 Å².